The van der Waals surface area contributed by atoms with Crippen molar-refractivity contribution in [1.29, 1.82) is 0 Å². The van der Waals surface area contributed by atoms with Crippen molar-refractivity contribution >= 4 is 34.8 Å². The minimum Gasteiger partial charge on any atom is -0.496 e. The molecule has 0 saturated carbocycles. The summed E-state index contributed by atoms with van der Waals surface area (Å²) in [5.74, 6) is 0.429. The predicted octanol–water partition coefficient (Wildman–Crippen LogP) is 6.07. The Labute approximate surface area is 248 Å². The van der Waals surface area contributed by atoms with Crippen LogP contribution in [0.4, 0.5) is 11.4 Å². The van der Waals surface area contributed by atoms with E-state index in [1.54, 1.807) is 31.4 Å². The molecule has 1 unspecified atom stereocenters. The number of methoxy groups -OCH3 is 1. The van der Waals surface area contributed by atoms with Crippen molar-refractivity contribution in [1.82, 2.24) is 9.80 Å². The zero-order valence-electron chi connectivity index (χ0n) is 24.2. The number of hydrogen-bond donors (Lipinski definition) is 1. The summed E-state index contributed by atoms with van der Waals surface area (Å²) in [6.45, 7) is 7.96. The van der Waals surface area contributed by atoms with Gasteiger partial charge in [-0.2, -0.15) is 0 Å². The molecule has 0 aliphatic carbocycles. The van der Waals surface area contributed by atoms with Crippen LogP contribution in [0.2, 0.25) is 5.02 Å². The largest absolute Gasteiger partial charge is 0.496 e. The zero-order chi connectivity index (χ0) is 28.9. The van der Waals surface area contributed by atoms with Crippen LogP contribution in [-0.4, -0.2) is 75.0 Å². The Balaban J connectivity index is 1.36. The number of fused-ring (bicyclic) bond motifs is 1. The average molecular weight is 575 g/mol. The molecule has 1 atom stereocenters. The van der Waals surface area contributed by atoms with Gasteiger partial charge in [-0.25, -0.2) is 0 Å². The molecule has 216 valence electrons. The molecule has 0 spiro atoms. The summed E-state index contributed by atoms with van der Waals surface area (Å²) < 4.78 is 5.65. The molecule has 41 heavy (non-hydrogen) atoms. The summed E-state index contributed by atoms with van der Waals surface area (Å²) >= 11 is 6.49. The molecule has 1 fully saturated rings. The van der Waals surface area contributed by atoms with Crippen LogP contribution in [0.15, 0.2) is 60.7 Å². The number of aryl methyl sites for hydroxylation is 1. The molecular formula is C33H39ClN4O3. The Bertz CT molecular complexity index is 1400. The van der Waals surface area contributed by atoms with Crippen molar-refractivity contribution in [2.24, 2.45) is 0 Å². The highest BCUT2D eigenvalue weighted by atomic mass is 35.5. The number of nitrogens with one attached hydrogen (secondary N) is 1. The van der Waals surface area contributed by atoms with E-state index < -0.39 is 0 Å². The molecule has 0 radical (unpaired) electrons. The van der Waals surface area contributed by atoms with Crippen LogP contribution in [0.25, 0.3) is 0 Å². The fourth-order valence-electron chi connectivity index (χ4n) is 5.91. The maximum Gasteiger partial charge on any atom is 0.262 e. The quantitative estimate of drug-likeness (QED) is 0.371. The predicted molar refractivity (Wildman–Crippen MR) is 166 cm³/mol. The summed E-state index contributed by atoms with van der Waals surface area (Å²) in [4.78, 5) is 33.7. The second kappa shape index (κ2) is 13.1. The minimum absolute atomic E-state index is 0.123. The van der Waals surface area contributed by atoms with E-state index in [4.69, 9.17) is 16.3 Å². The normalized spacial score (nSPS) is 18.0. The minimum atomic E-state index is -0.204. The lowest BCUT2D eigenvalue weighted by Crippen LogP contribution is -2.44. The zero-order valence-corrected chi connectivity index (χ0v) is 24.9. The summed E-state index contributed by atoms with van der Waals surface area (Å²) in [6, 6.07) is 18.5. The summed E-state index contributed by atoms with van der Waals surface area (Å²) in [6.07, 6.45) is 2.95. The Kier molecular flexibility index (Phi) is 9.28. The second-order valence-corrected chi connectivity index (χ2v) is 11.6. The number of halogens is 1. The first-order valence-corrected chi connectivity index (χ1v) is 14.8. The van der Waals surface area contributed by atoms with Crippen LogP contribution < -0.4 is 15.0 Å². The number of piperazine rings is 1. The number of anilines is 2. The van der Waals surface area contributed by atoms with Crippen LogP contribution in [0.1, 0.15) is 57.0 Å². The third-order valence-corrected chi connectivity index (χ3v) is 8.60. The van der Waals surface area contributed by atoms with E-state index in [2.05, 4.69) is 22.2 Å². The molecule has 0 aromatic heterocycles. The van der Waals surface area contributed by atoms with E-state index in [1.165, 1.54) is 0 Å². The Morgan fingerprint density at radius 1 is 0.976 bits per heavy atom. The lowest BCUT2D eigenvalue weighted by atomic mass is 9.90. The number of benzene rings is 3. The molecule has 3 aromatic carbocycles. The van der Waals surface area contributed by atoms with Gasteiger partial charge < -0.3 is 24.8 Å². The van der Waals surface area contributed by atoms with Crippen molar-refractivity contribution in [2.75, 3.05) is 63.6 Å². The standard InChI is InChI=1S/C33H39ClN4O3/c1-23-7-4-5-9-27(23)32(39)35-26-11-12-28(31(22-26)41-3)33(40)38-15-6-8-24(29-21-25(34)10-13-30(29)38)14-16-37-19-17-36(2)18-20-37/h4-5,7,9-13,21-22,24H,6,8,14-20H2,1-3H3,(H,35,39). The fourth-order valence-corrected chi connectivity index (χ4v) is 6.09. The molecule has 8 heteroatoms. The second-order valence-electron chi connectivity index (χ2n) is 11.1. The summed E-state index contributed by atoms with van der Waals surface area (Å²) in [7, 11) is 3.72. The number of carbonyl (C=O) groups excluding carboxylic acids is 2. The topological polar surface area (TPSA) is 65.1 Å². The monoisotopic (exact) mass is 574 g/mol. The van der Waals surface area contributed by atoms with Gasteiger partial charge in [0.2, 0.25) is 0 Å². The number of likely N-dealkylation sites (N-methyl/N-ethyl adjacent to an activating group) is 1. The van der Waals surface area contributed by atoms with Gasteiger partial charge in [-0.1, -0.05) is 29.8 Å². The number of amides is 2. The molecule has 7 nitrogen and oxygen atoms in total. The summed E-state index contributed by atoms with van der Waals surface area (Å²) in [5, 5.41) is 3.62. The lowest BCUT2D eigenvalue weighted by molar-refractivity contribution is 0.0983. The molecule has 3 aromatic rings. The van der Waals surface area contributed by atoms with E-state index >= 15 is 0 Å². The third-order valence-electron chi connectivity index (χ3n) is 8.37. The van der Waals surface area contributed by atoms with Crippen molar-refractivity contribution in [3.8, 4) is 5.75 Å². The van der Waals surface area contributed by atoms with Crippen LogP contribution in [0.3, 0.4) is 0 Å². The number of hydrogen-bond acceptors (Lipinski definition) is 5. The van der Waals surface area contributed by atoms with Gasteiger partial charge in [0, 0.05) is 60.8 Å². The van der Waals surface area contributed by atoms with Gasteiger partial charge in [-0.15, -0.1) is 0 Å². The van der Waals surface area contributed by atoms with Crippen molar-refractivity contribution < 1.29 is 14.3 Å². The van der Waals surface area contributed by atoms with E-state index in [0.29, 0.717) is 40.0 Å². The van der Waals surface area contributed by atoms with Crippen molar-refractivity contribution in [3.63, 3.8) is 0 Å². The average Bonchev–Trinajstić information content (AvgIpc) is 3.15. The maximum absolute atomic E-state index is 14.0. The van der Waals surface area contributed by atoms with Crippen LogP contribution >= 0.6 is 11.6 Å². The van der Waals surface area contributed by atoms with Crippen molar-refractivity contribution in [3.05, 3.63) is 87.9 Å². The summed E-state index contributed by atoms with van der Waals surface area (Å²) in [5.41, 5.74) is 4.58. The molecule has 2 aliphatic heterocycles. The van der Waals surface area contributed by atoms with Crippen LogP contribution in [-0.2, 0) is 0 Å². The first kappa shape index (κ1) is 29.1. The van der Waals surface area contributed by atoms with Gasteiger partial charge in [0.1, 0.15) is 5.75 Å². The molecule has 2 heterocycles. The number of nitrogens with zero attached hydrogens (tertiary/aromatic N) is 3. The smallest absolute Gasteiger partial charge is 0.262 e. The highest BCUT2D eigenvalue weighted by Crippen LogP contribution is 2.39. The Morgan fingerprint density at radius 3 is 2.51 bits per heavy atom. The first-order valence-electron chi connectivity index (χ1n) is 14.4. The number of ether oxygens (including phenoxy) is 1. The molecule has 2 aliphatic rings. The molecule has 0 bridgehead atoms. The van der Waals surface area contributed by atoms with Crippen LogP contribution in [0, 0.1) is 6.92 Å². The van der Waals surface area contributed by atoms with Gasteiger partial charge >= 0.3 is 0 Å². The SMILES string of the molecule is COc1cc(NC(=O)c2ccccc2C)ccc1C(=O)N1CCCC(CCN2CCN(C)CC2)c2cc(Cl)ccc21. The first-order chi connectivity index (χ1) is 19.8. The molecule has 5 rings (SSSR count). The fraction of sp³-hybridized carbons (Fsp3) is 0.394. The molecule has 1 N–H and O–H groups in total. The number of rotatable bonds is 7. The van der Waals surface area contributed by atoms with Gasteiger partial charge in [-0.05, 0) is 93.2 Å². The maximum atomic E-state index is 14.0. The van der Waals surface area contributed by atoms with Gasteiger partial charge in [0.25, 0.3) is 11.8 Å². The Hall–Kier alpha value is -3.39. The Morgan fingerprint density at radius 2 is 1.76 bits per heavy atom. The van der Waals surface area contributed by atoms with Gasteiger partial charge in [-0.3, -0.25) is 9.59 Å². The molecule has 2 amide bonds. The van der Waals surface area contributed by atoms with Crippen molar-refractivity contribution in [2.45, 2.75) is 32.1 Å². The van der Waals surface area contributed by atoms with Gasteiger partial charge in [0.15, 0.2) is 0 Å². The third kappa shape index (κ3) is 6.75. The highest BCUT2D eigenvalue weighted by Gasteiger charge is 2.29. The molecule has 1 saturated heterocycles. The highest BCUT2D eigenvalue weighted by molar-refractivity contribution is 6.30. The van der Waals surface area contributed by atoms with E-state index in [0.717, 1.165) is 68.8 Å². The van der Waals surface area contributed by atoms with Gasteiger partial charge in [0.05, 0.1) is 12.7 Å². The van der Waals surface area contributed by atoms with E-state index in [-0.39, 0.29) is 11.8 Å². The van der Waals surface area contributed by atoms with E-state index in [9.17, 15) is 9.59 Å². The van der Waals surface area contributed by atoms with Crippen LogP contribution in [0.5, 0.6) is 5.75 Å². The number of carbonyl (C=O) groups is 2. The van der Waals surface area contributed by atoms with E-state index in [1.807, 2.05) is 48.2 Å². The molecular weight excluding hydrogens is 536 g/mol. The lowest BCUT2D eigenvalue weighted by Gasteiger charge is -2.33.